The summed E-state index contributed by atoms with van der Waals surface area (Å²) in [6, 6.07) is 15.1. The van der Waals surface area contributed by atoms with E-state index in [4.69, 9.17) is 5.73 Å². The molecule has 1 heterocycles. The fraction of sp³-hybridized carbons (Fsp3) is 0.333. The lowest BCUT2D eigenvalue weighted by Crippen LogP contribution is -2.52. The summed E-state index contributed by atoms with van der Waals surface area (Å²) in [7, 11) is 0. The van der Waals surface area contributed by atoms with Crippen LogP contribution in [0.2, 0.25) is 0 Å². The highest BCUT2D eigenvalue weighted by Crippen LogP contribution is 2.19. The Morgan fingerprint density at radius 1 is 1.04 bits per heavy atom. The highest BCUT2D eigenvalue weighted by Gasteiger charge is 2.25. The van der Waals surface area contributed by atoms with Crippen molar-refractivity contribution in [3.8, 4) is 0 Å². The van der Waals surface area contributed by atoms with Crippen molar-refractivity contribution in [2.24, 2.45) is 5.73 Å². The molecule has 142 valence electrons. The molecular weight excluding hydrogens is 340 g/mol. The van der Waals surface area contributed by atoms with Crippen LogP contribution in [0.1, 0.15) is 22.8 Å². The van der Waals surface area contributed by atoms with E-state index >= 15 is 0 Å². The quantitative estimate of drug-likeness (QED) is 0.851. The summed E-state index contributed by atoms with van der Waals surface area (Å²) >= 11 is 0. The summed E-state index contributed by atoms with van der Waals surface area (Å²) in [6.45, 7) is 6.83. The molecule has 0 bridgehead atoms. The molecule has 0 aliphatic carbocycles. The van der Waals surface area contributed by atoms with Gasteiger partial charge in [0.15, 0.2) is 0 Å². The summed E-state index contributed by atoms with van der Waals surface area (Å²) in [4.78, 5) is 28.3. The largest absolute Gasteiger partial charge is 0.374 e. The Bertz CT molecular complexity index is 814. The number of aryl methyl sites for hydroxylation is 1. The van der Waals surface area contributed by atoms with Gasteiger partial charge in [0, 0.05) is 43.1 Å². The van der Waals surface area contributed by atoms with Gasteiger partial charge in [-0.2, -0.15) is 0 Å². The SMILES string of the molecule is Cc1cc(C(N)=O)ccc1NC(C)C(=O)N1CCN(c2ccccc2)CC1. The Morgan fingerprint density at radius 2 is 1.70 bits per heavy atom. The Morgan fingerprint density at radius 3 is 2.30 bits per heavy atom. The average molecular weight is 366 g/mol. The highest BCUT2D eigenvalue weighted by atomic mass is 16.2. The standard InChI is InChI=1S/C21H26N4O2/c1-15-14-17(20(22)26)8-9-19(15)23-16(2)21(27)25-12-10-24(11-13-25)18-6-4-3-5-7-18/h3-9,14,16,23H,10-13H2,1-2H3,(H2,22,26). The van der Waals surface area contributed by atoms with Crippen molar-refractivity contribution >= 4 is 23.2 Å². The van der Waals surface area contributed by atoms with Crippen LogP contribution in [-0.4, -0.2) is 48.9 Å². The number of carbonyl (C=O) groups excluding carboxylic acids is 2. The number of piperazine rings is 1. The van der Waals surface area contributed by atoms with Gasteiger partial charge in [-0.05, 0) is 49.7 Å². The second-order valence-corrected chi connectivity index (χ2v) is 6.91. The number of nitrogens with two attached hydrogens (primary N) is 1. The molecule has 3 rings (SSSR count). The van der Waals surface area contributed by atoms with Gasteiger partial charge in [0.1, 0.15) is 6.04 Å². The third kappa shape index (κ3) is 4.39. The van der Waals surface area contributed by atoms with Gasteiger partial charge in [0.25, 0.3) is 0 Å². The molecule has 1 aliphatic heterocycles. The minimum absolute atomic E-state index is 0.0843. The normalized spacial score (nSPS) is 15.3. The van der Waals surface area contributed by atoms with Crippen LogP contribution in [0.5, 0.6) is 0 Å². The molecule has 2 amide bonds. The van der Waals surface area contributed by atoms with E-state index in [1.165, 1.54) is 5.69 Å². The molecule has 1 fully saturated rings. The number of amides is 2. The molecule has 0 radical (unpaired) electrons. The maximum atomic E-state index is 12.8. The smallest absolute Gasteiger partial charge is 0.248 e. The number of hydrogen-bond acceptors (Lipinski definition) is 4. The van der Waals surface area contributed by atoms with Gasteiger partial charge in [0.05, 0.1) is 0 Å². The molecule has 2 aromatic carbocycles. The number of anilines is 2. The number of para-hydroxylation sites is 1. The first-order valence-electron chi connectivity index (χ1n) is 9.21. The lowest BCUT2D eigenvalue weighted by Gasteiger charge is -2.37. The fourth-order valence-electron chi connectivity index (χ4n) is 3.37. The van der Waals surface area contributed by atoms with Crippen molar-refractivity contribution in [3.63, 3.8) is 0 Å². The molecule has 1 unspecified atom stereocenters. The summed E-state index contributed by atoms with van der Waals surface area (Å²) < 4.78 is 0. The zero-order chi connectivity index (χ0) is 19.4. The molecule has 0 spiro atoms. The van der Waals surface area contributed by atoms with E-state index < -0.39 is 5.91 Å². The van der Waals surface area contributed by atoms with Crippen molar-refractivity contribution in [3.05, 3.63) is 59.7 Å². The predicted molar refractivity (Wildman–Crippen MR) is 108 cm³/mol. The molecule has 1 saturated heterocycles. The number of rotatable bonds is 5. The molecule has 3 N–H and O–H groups in total. The van der Waals surface area contributed by atoms with Gasteiger partial charge in [0.2, 0.25) is 11.8 Å². The van der Waals surface area contributed by atoms with Crippen LogP contribution < -0.4 is 16.0 Å². The maximum Gasteiger partial charge on any atom is 0.248 e. The maximum absolute atomic E-state index is 12.8. The van der Waals surface area contributed by atoms with Gasteiger partial charge >= 0.3 is 0 Å². The van der Waals surface area contributed by atoms with Crippen molar-refractivity contribution in [1.29, 1.82) is 0 Å². The zero-order valence-corrected chi connectivity index (χ0v) is 15.8. The van der Waals surface area contributed by atoms with Gasteiger partial charge in [-0.15, -0.1) is 0 Å². The Labute approximate surface area is 159 Å². The second-order valence-electron chi connectivity index (χ2n) is 6.91. The number of carbonyl (C=O) groups is 2. The molecule has 0 aromatic heterocycles. The van der Waals surface area contributed by atoms with Crippen molar-refractivity contribution in [2.45, 2.75) is 19.9 Å². The third-order valence-electron chi connectivity index (χ3n) is 4.97. The van der Waals surface area contributed by atoms with Crippen LogP contribution in [0.15, 0.2) is 48.5 Å². The van der Waals surface area contributed by atoms with Gasteiger partial charge in [-0.3, -0.25) is 9.59 Å². The first-order valence-corrected chi connectivity index (χ1v) is 9.21. The van der Waals surface area contributed by atoms with Crippen LogP contribution >= 0.6 is 0 Å². The second kappa shape index (κ2) is 8.12. The number of primary amides is 1. The minimum Gasteiger partial charge on any atom is -0.374 e. The molecule has 27 heavy (non-hydrogen) atoms. The minimum atomic E-state index is -0.454. The monoisotopic (exact) mass is 366 g/mol. The van der Waals surface area contributed by atoms with E-state index in [2.05, 4.69) is 22.3 Å². The van der Waals surface area contributed by atoms with E-state index in [0.717, 1.165) is 24.3 Å². The number of hydrogen-bond donors (Lipinski definition) is 2. The van der Waals surface area contributed by atoms with E-state index in [-0.39, 0.29) is 11.9 Å². The Hall–Kier alpha value is -3.02. The molecule has 6 heteroatoms. The predicted octanol–water partition coefficient (Wildman–Crippen LogP) is 2.24. The number of nitrogens with one attached hydrogen (secondary N) is 1. The summed E-state index contributed by atoms with van der Waals surface area (Å²) in [5.41, 5.74) is 8.70. The third-order valence-corrected chi connectivity index (χ3v) is 4.97. The van der Waals surface area contributed by atoms with Crippen molar-refractivity contribution in [2.75, 3.05) is 36.4 Å². The molecule has 0 saturated carbocycles. The van der Waals surface area contributed by atoms with Crippen LogP contribution in [0.25, 0.3) is 0 Å². The van der Waals surface area contributed by atoms with Gasteiger partial charge in [-0.25, -0.2) is 0 Å². The molecule has 1 atom stereocenters. The number of nitrogens with zero attached hydrogens (tertiary/aromatic N) is 2. The van der Waals surface area contributed by atoms with Crippen LogP contribution in [0, 0.1) is 6.92 Å². The van der Waals surface area contributed by atoms with E-state index in [9.17, 15) is 9.59 Å². The molecular formula is C21H26N4O2. The molecule has 1 aliphatic rings. The first-order chi connectivity index (χ1) is 13.0. The lowest BCUT2D eigenvalue weighted by molar-refractivity contribution is -0.131. The fourth-order valence-corrected chi connectivity index (χ4v) is 3.37. The highest BCUT2D eigenvalue weighted by molar-refractivity contribution is 5.93. The van der Waals surface area contributed by atoms with E-state index in [0.29, 0.717) is 18.7 Å². The average Bonchev–Trinajstić information content (AvgIpc) is 2.69. The summed E-state index contributed by atoms with van der Waals surface area (Å²) in [5, 5.41) is 3.26. The number of benzene rings is 2. The van der Waals surface area contributed by atoms with E-state index in [1.807, 2.05) is 36.9 Å². The van der Waals surface area contributed by atoms with Crippen molar-refractivity contribution < 1.29 is 9.59 Å². The molecule has 6 nitrogen and oxygen atoms in total. The van der Waals surface area contributed by atoms with Gasteiger partial charge < -0.3 is 20.9 Å². The molecule has 2 aromatic rings. The van der Waals surface area contributed by atoms with E-state index in [1.54, 1.807) is 18.2 Å². The summed E-state index contributed by atoms with van der Waals surface area (Å²) in [5.74, 6) is -0.369. The Balaban J connectivity index is 1.57. The Kier molecular flexibility index (Phi) is 5.64. The van der Waals surface area contributed by atoms with Crippen LogP contribution in [-0.2, 0) is 4.79 Å². The topological polar surface area (TPSA) is 78.7 Å². The van der Waals surface area contributed by atoms with Crippen LogP contribution in [0.3, 0.4) is 0 Å². The zero-order valence-electron chi connectivity index (χ0n) is 15.8. The summed E-state index contributed by atoms with van der Waals surface area (Å²) in [6.07, 6.45) is 0. The van der Waals surface area contributed by atoms with Gasteiger partial charge in [-0.1, -0.05) is 18.2 Å². The lowest BCUT2D eigenvalue weighted by atomic mass is 10.1. The first kappa shape index (κ1) is 18.8. The van der Waals surface area contributed by atoms with Crippen LogP contribution in [0.4, 0.5) is 11.4 Å². The van der Waals surface area contributed by atoms with Crippen molar-refractivity contribution in [1.82, 2.24) is 4.90 Å².